The molecular formula is C16H22N2O3. The monoisotopic (exact) mass is 290 g/mol. The fourth-order valence-electron chi connectivity index (χ4n) is 2.54. The number of methoxy groups -OCH3 is 1. The van der Waals surface area contributed by atoms with E-state index in [2.05, 4.69) is 10.6 Å². The lowest BCUT2D eigenvalue weighted by atomic mass is 10.1. The van der Waals surface area contributed by atoms with Crippen LogP contribution in [0.1, 0.15) is 36.0 Å². The minimum Gasteiger partial charge on any atom is -0.383 e. The number of benzene rings is 1. The van der Waals surface area contributed by atoms with Crippen LogP contribution in [0.25, 0.3) is 0 Å². The predicted octanol–water partition coefficient (Wildman–Crippen LogP) is 2.19. The van der Waals surface area contributed by atoms with Crippen LogP contribution in [-0.4, -0.2) is 32.1 Å². The molecule has 1 aromatic carbocycles. The maximum Gasteiger partial charge on any atom is 0.251 e. The van der Waals surface area contributed by atoms with Gasteiger partial charge in [-0.05, 0) is 31.0 Å². The fraction of sp³-hybridized carbons (Fsp3) is 0.500. The first kappa shape index (κ1) is 15.5. The molecule has 0 bridgehead atoms. The highest BCUT2D eigenvalue weighted by molar-refractivity contribution is 5.97. The van der Waals surface area contributed by atoms with Crippen molar-refractivity contribution in [3.8, 4) is 0 Å². The molecule has 2 rings (SSSR count). The summed E-state index contributed by atoms with van der Waals surface area (Å²) < 4.78 is 4.89. The quantitative estimate of drug-likeness (QED) is 0.789. The van der Waals surface area contributed by atoms with Crippen molar-refractivity contribution in [2.24, 2.45) is 5.92 Å². The molecule has 114 valence electrons. The van der Waals surface area contributed by atoms with Crippen LogP contribution in [0.4, 0.5) is 5.69 Å². The van der Waals surface area contributed by atoms with Gasteiger partial charge in [0.05, 0.1) is 6.61 Å². The van der Waals surface area contributed by atoms with Gasteiger partial charge in [-0.25, -0.2) is 0 Å². The van der Waals surface area contributed by atoms with Gasteiger partial charge in [-0.1, -0.05) is 18.9 Å². The highest BCUT2D eigenvalue weighted by Crippen LogP contribution is 2.26. The van der Waals surface area contributed by atoms with Crippen molar-refractivity contribution in [3.63, 3.8) is 0 Å². The maximum absolute atomic E-state index is 12.1. The summed E-state index contributed by atoms with van der Waals surface area (Å²) in [5.74, 6) is 0.0117. The van der Waals surface area contributed by atoms with E-state index in [4.69, 9.17) is 4.74 Å². The van der Waals surface area contributed by atoms with Crippen molar-refractivity contribution in [1.82, 2.24) is 5.32 Å². The molecule has 5 nitrogen and oxygen atoms in total. The predicted molar refractivity (Wildman–Crippen MR) is 81.2 cm³/mol. The number of hydrogen-bond acceptors (Lipinski definition) is 3. The van der Waals surface area contributed by atoms with E-state index >= 15 is 0 Å². The third-order valence-electron chi connectivity index (χ3n) is 3.71. The van der Waals surface area contributed by atoms with Gasteiger partial charge in [-0.2, -0.15) is 0 Å². The minimum atomic E-state index is -0.163. The molecule has 0 saturated heterocycles. The molecule has 1 fully saturated rings. The molecule has 1 aliphatic carbocycles. The zero-order chi connectivity index (χ0) is 15.1. The van der Waals surface area contributed by atoms with Crippen LogP contribution in [-0.2, 0) is 9.53 Å². The first-order valence-electron chi connectivity index (χ1n) is 7.39. The third kappa shape index (κ3) is 4.56. The molecule has 0 unspecified atom stereocenters. The summed E-state index contributed by atoms with van der Waals surface area (Å²) in [7, 11) is 1.59. The lowest BCUT2D eigenvalue weighted by molar-refractivity contribution is -0.119. The Balaban J connectivity index is 1.93. The molecule has 5 heteroatoms. The van der Waals surface area contributed by atoms with Gasteiger partial charge >= 0.3 is 0 Å². The number of anilines is 1. The highest BCUT2D eigenvalue weighted by Gasteiger charge is 2.22. The smallest absolute Gasteiger partial charge is 0.251 e. The Labute approximate surface area is 125 Å². The Morgan fingerprint density at radius 1 is 1.29 bits per heavy atom. The Morgan fingerprint density at radius 2 is 2.05 bits per heavy atom. The Bertz CT molecular complexity index is 496. The van der Waals surface area contributed by atoms with Gasteiger partial charge in [-0.15, -0.1) is 0 Å². The molecule has 2 N–H and O–H groups in total. The molecule has 1 aliphatic rings. The second kappa shape index (κ2) is 7.78. The molecule has 0 aromatic heterocycles. The van der Waals surface area contributed by atoms with Crippen molar-refractivity contribution in [2.45, 2.75) is 25.7 Å². The molecule has 21 heavy (non-hydrogen) atoms. The summed E-state index contributed by atoms with van der Waals surface area (Å²) in [6, 6.07) is 7.01. The van der Waals surface area contributed by atoms with Crippen molar-refractivity contribution in [1.29, 1.82) is 0 Å². The van der Waals surface area contributed by atoms with Crippen molar-refractivity contribution >= 4 is 17.5 Å². The molecule has 1 aromatic rings. The largest absolute Gasteiger partial charge is 0.383 e. The number of nitrogens with one attached hydrogen (secondary N) is 2. The third-order valence-corrected chi connectivity index (χ3v) is 3.71. The van der Waals surface area contributed by atoms with Crippen LogP contribution >= 0.6 is 0 Å². The Morgan fingerprint density at radius 3 is 2.76 bits per heavy atom. The first-order valence-corrected chi connectivity index (χ1v) is 7.39. The van der Waals surface area contributed by atoms with E-state index in [9.17, 15) is 9.59 Å². The fourth-order valence-corrected chi connectivity index (χ4v) is 2.54. The van der Waals surface area contributed by atoms with Gasteiger partial charge < -0.3 is 15.4 Å². The second-order valence-electron chi connectivity index (χ2n) is 5.30. The zero-order valence-corrected chi connectivity index (χ0v) is 12.4. The maximum atomic E-state index is 12.1. The molecule has 0 radical (unpaired) electrons. The van der Waals surface area contributed by atoms with Gasteiger partial charge in [0.25, 0.3) is 5.91 Å². The van der Waals surface area contributed by atoms with Crippen molar-refractivity contribution in [3.05, 3.63) is 29.8 Å². The Hall–Kier alpha value is -1.88. The van der Waals surface area contributed by atoms with E-state index in [-0.39, 0.29) is 17.7 Å². The number of hydrogen-bond donors (Lipinski definition) is 2. The number of ether oxygens (including phenoxy) is 1. The van der Waals surface area contributed by atoms with Gasteiger partial charge in [0.15, 0.2) is 0 Å². The summed E-state index contributed by atoms with van der Waals surface area (Å²) >= 11 is 0. The number of amides is 2. The standard InChI is InChI=1S/C16H22N2O3/c1-21-10-9-17-15(19)13-7-4-8-14(11-13)18-16(20)12-5-2-3-6-12/h4,7-8,11-12H,2-3,5-6,9-10H2,1H3,(H,17,19)(H,18,20). The lowest BCUT2D eigenvalue weighted by Crippen LogP contribution is -2.27. The van der Waals surface area contributed by atoms with Crippen LogP contribution in [0.2, 0.25) is 0 Å². The lowest BCUT2D eigenvalue weighted by Gasteiger charge is -2.11. The number of carbonyl (C=O) groups is 2. The van der Waals surface area contributed by atoms with Crippen LogP contribution in [0, 0.1) is 5.92 Å². The molecule has 0 heterocycles. The average molecular weight is 290 g/mol. The van der Waals surface area contributed by atoms with E-state index in [1.807, 2.05) is 0 Å². The van der Waals surface area contributed by atoms with E-state index in [0.29, 0.717) is 24.4 Å². The number of carbonyl (C=O) groups excluding carboxylic acids is 2. The molecule has 0 aliphatic heterocycles. The van der Waals surface area contributed by atoms with Crippen LogP contribution in [0.5, 0.6) is 0 Å². The molecule has 0 atom stereocenters. The normalized spacial score (nSPS) is 14.9. The molecule has 1 saturated carbocycles. The summed E-state index contributed by atoms with van der Waals surface area (Å²) in [6.07, 6.45) is 4.17. The van der Waals surface area contributed by atoms with Crippen LogP contribution in [0.3, 0.4) is 0 Å². The summed E-state index contributed by atoms with van der Waals surface area (Å²) in [4.78, 5) is 24.0. The minimum absolute atomic E-state index is 0.0597. The van der Waals surface area contributed by atoms with Gasteiger partial charge in [0, 0.05) is 30.8 Å². The van der Waals surface area contributed by atoms with E-state index in [0.717, 1.165) is 25.7 Å². The first-order chi connectivity index (χ1) is 10.2. The summed E-state index contributed by atoms with van der Waals surface area (Å²) in [5.41, 5.74) is 1.21. The molecular weight excluding hydrogens is 268 g/mol. The van der Waals surface area contributed by atoms with Gasteiger partial charge in [-0.3, -0.25) is 9.59 Å². The second-order valence-corrected chi connectivity index (χ2v) is 5.30. The zero-order valence-electron chi connectivity index (χ0n) is 12.4. The van der Waals surface area contributed by atoms with Crippen LogP contribution < -0.4 is 10.6 Å². The van der Waals surface area contributed by atoms with Crippen molar-refractivity contribution < 1.29 is 14.3 Å². The summed E-state index contributed by atoms with van der Waals surface area (Å²) in [6.45, 7) is 0.942. The molecule has 0 spiro atoms. The highest BCUT2D eigenvalue weighted by atomic mass is 16.5. The Kier molecular flexibility index (Phi) is 5.75. The van der Waals surface area contributed by atoms with Gasteiger partial charge in [0.1, 0.15) is 0 Å². The van der Waals surface area contributed by atoms with Crippen molar-refractivity contribution in [2.75, 3.05) is 25.6 Å². The molecule has 2 amide bonds. The average Bonchev–Trinajstić information content (AvgIpc) is 3.02. The van der Waals surface area contributed by atoms with E-state index < -0.39 is 0 Å². The van der Waals surface area contributed by atoms with E-state index in [1.165, 1.54) is 0 Å². The van der Waals surface area contributed by atoms with Gasteiger partial charge in [0.2, 0.25) is 5.91 Å². The van der Waals surface area contributed by atoms with E-state index in [1.54, 1.807) is 31.4 Å². The number of rotatable bonds is 6. The van der Waals surface area contributed by atoms with Crippen LogP contribution in [0.15, 0.2) is 24.3 Å². The topological polar surface area (TPSA) is 67.4 Å². The summed E-state index contributed by atoms with van der Waals surface area (Å²) in [5, 5.41) is 5.66. The SMILES string of the molecule is COCCNC(=O)c1cccc(NC(=O)C2CCCC2)c1.